The predicted octanol–water partition coefficient (Wildman–Crippen LogP) is 5.32. The van der Waals surface area contributed by atoms with Gasteiger partial charge in [0, 0.05) is 10.9 Å². The van der Waals surface area contributed by atoms with Crippen molar-refractivity contribution in [1.82, 2.24) is 4.72 Å². The lowest BCUT2D eigenvalue weighted by Gasteiger charge is -2.16. The number of nitrogens with one attached hydrogen (secondary N) is 1. The molecule has 3 aromatic carbocycles. The molecule has 0 heterocycles. The second-order valence-electron chi connectivity index (χ2n) is 7.79. The van der Waals surface area contributed by atoms with Crippen LogP contribution in [0.1, 0.15) is 23.5 Å². The molecule has 1 aliphatic carbocycles. The molecule has 33 heavy (non-hydrogen) atoms. The average molecular weight is 496 g/mol. The molecule has 172 valence electrons. The number of rotatable bonds is 6. The summed E-state index contributed by atoms with van der Waals surface area (Å²) in [5, 5.41) is 10.3. The van der Waals surface area contributed by atoms with E-state index in [2.05, 4.69) is 4.72 Å². The monoisotopic (exact) mass is 495 g/mol. The molecule has 2 N–H and O–H groups in total. The van der Waals surface area contributed by atoms with E-state index in [1.165, 1.54) is 24.3 Å². The normalized spacial score (nSPS) is 20.4. The zero-order chi connectivity index (χ0) is 24.0. The number of sulfonamides is 1. The SMILES string of the molecule is O=C(O)[C@@]1(NS(=O)(=O)c2ccc(-c3ccc(Cl)cc3)cc2)C[C@H]1c1cccc(C(F)(F)F)c1. The molecule has 0 unspecified atom stereocenters. The molecule has 0 radical (unpaired) electrons. The van der Waals surface area contributed by atoms with Crippen molar-refractivity contribution in [2.24, 2.45) is 0 Å². The zero-order valence-electron chi connectivity index (χ0n) is 16.8. The van der Waals surface area contributed by atoms with Crippen LogP contribution in [0.5, 0.6) is 0 Å². The van der Waals surface area contributed by atoms with Gasteiger partial charge in [0.25, 0.3) is 0 Å². The third-order valence-corrected chi connectivity index (χ3v) is 7.40. The predicted molar refractivity (Wildman–Crippen MR) is 116 cm³/mol. The highest BCUT2D eigenvalue weighted by molar-refractivity contribution is 7.89. The van der Waals surface area contributed by atoms with Gasteiger partial charge < -0.3 is 5.11 Å². The Morgan fingerprint density at radius 2 is 1.58 bits per heavy atom. The molecule has 1 fully saturated rings. The highest BCUT2D eigenvalue weighted by Crippen LogP contribution is 2.53. The summed E-state index contributed by atoms with van der Waals surface area (Å²) in [7, 11) is -4.26. The minimum atomic E-state index is -4.60. The van der Waals surface area contributed by atoms with Crippen LogP contribution in [0.3, 0.4) is 0 Å². The third kappa shape index (κ3) is 4.62. The van der Waals surface area contributed by atoms with Gasteiger partial charge in [0.2, 0.25) is 10.0 Å². The number of halogens is 4. The van der Waals surface area contributed by atoms with E-state index in [9.17, 15) is 31.5 Å². The molecule has 0 aromatic heterocycles. The Morgan fingerprint density at radius 3 is 2.12 bits per heavy atom. The van der Waals surface area contributed by atoms with E-state index >= 15 is 0 Å². The van der Waals surface area contributed by atoms with Gasteiger partial charge in [-0.2, -0.15) is 17.9 Å². The lowest BCUT2D eigenvalue weighted by atomic mass is 10.0. The van der Waals surface area contributed by atoms with Crippen molar-refractivity contribution in [3.05, 3.63) is 88.9 Å². The van der Waals surface area contributed by atoms with Gasteiger partial charge in [0.15, 0.2) is 0 Å². The molecule has 4 rings (SSSR count). The first-order chi connectivity index (χ1) is 15.4. The van der Waals surface area contributed by atoms with E-state index in [4.69, 9.17) is 11.6 Å². The molecule has 2 atom stereocenters. The molecule has 0 bridgehead atoms. The highest BCUT2D eigenvalue weighted by Gasteiger charge is 2.63. The van der Waals surface area contributed by atoms with Crippen LogP contribution in [0.4, 0.5) is 13.2 Å². The topological polar surface area (TPSA) is 83.5 Å². The fourth-order valence-corrected chi connectivity index (χ4v) is 5.29. The first kappa shape index (κ1) is 23.3. The van der Waals surface area contributed by atoms with Crippen molar-refractivity contribution >= 4 is 27.6 Å². The number of hydrogen-bond donors (Lipinski definition) is 2. The number of carboxylic acids is 1. The minimum Gasteiger partial charge on any atom is -0.480 e. The van der Waals surface area contributed by atoms with Gasteiger partial charge in [-0.25, -0.2) is 8.42 Å². The van der Waals surface area contributed by atoms with Crippen LogP contribution in [-0.2, 0) is 21.0 Å². The van der Waals surface area contributed by atoms with Gasteiger partial charge in [0.1, 0.15) is 5.54 Å². The first-order valence-electron chi connectivity index (χ1n) is 9.73. The summed E-state index contributed by atoms with van der Waals surface area (Å²) in [6.07, 6.45) is -4.76. The molecule has 0 aliphatic heterocycles. The summed E-state index contributed by atoms with van der Waals surface area (Å²) >= 11 is 5.87. The summed E-state index contributed by atoms with van der Waals surface area (Å²) in [5.41, 5.74) is -1.20. The van der Waals surface area contributed by atoms with Crippen LogP contribution in [0.2, 0.25) is 5.02 Å². The summed E-state index contributed by atoms with van der Waals surface area (Å²) in [6, 6.07) is 17.0. The molecular formula is C23H17ClF3NO4S. The van der Waals surface area contributed by atoms with E-state index in [-0.39, 0.29) is 16.9 Å². The Hall–Kier alpha value is -2.88. The second-order valence-corrected chi connectivity index (χ2v) is 9.91. The maximum Gasteiger partial charge on any atom is 0.416 e. The lowest BCUT2D eigenvalue weighted by Crippen LogP contribution is -2.44. The number of aliphatic carboxylic acids is 1. The number of carbonyl (C=O) groups is 1. The molecule has 1 aliphatic rings. The van der Waals surface area contributed by atoms with Gasteiger partial charge in [-0.05, 0) is 53.4 Å². The second kappa shape index (κ2) is 8.16. The summed E-state index contributed by atoms with van der Waals surface area (Å²) in [5.74, 6) is -2.38. The first-order valence-corrected chi connectivity index (χ1v) is 11.6. The lowest BCUT2D eigenvalue weighted by molar-refractivity contribution is -0.140. The third-order valence-electron chi connectivity index (χ3n) is 5.62. The van der Waals surface area contributed by atoms with Crippen molar-refractivity contribution in [2.45, 2.75) is 28.9 Å². The van der Waals surface area contributed by atoms with Crippen molar-refractivity contribution in [2.75, 3.05) is 0 Å². The Balaban J connectivity index is 1.59. The molecule has 0 amide bonds. The molecule has 3 aromatic rings. The Morgan fingerprint density at radius 1 is 1.00 bits per heavy atom. The van der Waals surface area contributed by atoms with Gasteiger partial charge in [-0.1, -0.05) is 54.1 Å². The summed E-state index contributed by atoms with van der Waals surface area (Å²) < 4.78 is 67.1. The Kier molecular flexibility index (Phi) is 5.76. The van der Waals surface area contributed by atoms with E-state index in [0.717, 1.165) is 23.3 Å². The van der Waals surface area contributed by atoms with E-state index in [1.54, 1.807) is 36.4 Å². The van der Waals surface area contributed by atoms with Crippen LogP contribution >= 0.6 is 11.6 Å². The van der Waals surface area contributed by atoms with Gasteiger partial charge in [-0.3, -0.25) is 4.79 Å². The number of carboxylic acid groups (broad SMARTS) is 1. The van der Waals surface area contributed by atoms with E-state index < -0.39 is 39.2 Å². The summed E-state index contributed by atoms with van der Waals surface area (Å²) in [4.78, 5) is 11.8. The maximum absolute atomic E-state index is 13.0. The van der Waals surface area contributed by atoms with Gasteiger partial charge in [0.05, 0.1) is 10.5 Å². The molecule has 10 heteroatoms. The number of benzene rings is 3. The zero-order valence-corrected chi connectivity index (χ0v) is 18.4. The molecular weight excluding hydrogens is 479 g/mol. The minimum absolute atomic E-state index is 0.105. The standard InChI is InChI=1S/C23H17ClF3NO4S/c24-18-8-4-14(5-9-18)15-6-10-19(11-7-15)33(31,32)28-22(21(29)30)13-20(22)16-2-1-3-17(12-16)23(25,26)27/h1-12,20,28H,13H2,(H,29,30)/t20-,22+/m0/s1. The van der Waals surface area contributed by atoms with Crippen molar-refractivity contribution < 1.29 is 31.5 Å². The smallest absolute Gasteiger partial charge is 0.416 e. The van der Waals surface area contributed by atoms with Gasteiger partial charge >= 0.3 is 12.1 Å². The number of hydrogen-bond acceptors (Lipinski definition) is 3. The Bertz CT molecular complexity index is 1310. The fraction of sp³-hybridized carbons (Fsp3) is 0.174. The van der Waals surface area contributed by atoms with E-state index in [0.29, 0.717) is 5.02 Å². The number of alkyl halides is 3. The largest absolute Gasteiger partial charge is 0.480 e. The maximum atomic E-state index is 13.0. The van der Waals surface area contributed by atoms with Crippen LogP contribution in [0.25, 0.3) is 11.1 Å². The van der Waals surface area contributed by atoms with E-state index in [1.807, 2.05) is 0 Å². The Labute approximate surface area is 192 Å². The van der Waals surface area contributed by atoms with Crippen molar-refractivity contribution in [3.8, 4) is 11.1 Å². The quantitative estimate of drug-likeness (QED) is 0.485. The molecule has 0 spiro atoms. The van der Waals surface area contributed by atoms with Crippen LogP contribution < -0.4 is 4.72 Å². The fourth-order valence-electron chi connectivity index (χ4n) is 3.76. The van der Waals surface area contributed by atoms with Crippen LogP contribution in [-0.4, -0.2) is 25.0 Å². The average Bonchev–Trinajstić information content (AvgIpc) is 3.49. The highest BCUT2D eigenvalue weighted by atomic mass is 35.5. The molecule has 1 saturated carbocycles. The van der Waals surface area contributed by atoms with Crippen LogP contribution in [0, 0.1) is 0 Å². The van der Waals surface area contributed by atoms with Crippen molar-refractivity contribution in [1.29, 1.82) is 0 Å². The summed E-state index contributed by atoms with van der Waals surface area (Å²) in [6.45, 7) is 0. The van der Waals surface area contributed by atoms with Crippen LogP contribution in [0.15, 0.2) is 77.7 Å². The van der Waals surface area contributed by atoms with Gasteiger partial charge in [-0.15, -0.1) is 0 Å². The molecule has 5 nitrogen and oxygen atoms in total. The molecule has 0 saturated heterocycles. The van der Waals surface area contributed by atoms with Crippen molar-refractivity contribution in [3.63, 3.8) is 0 Å².